The van der Waals surface area contributed by atoms with Crippen molar-refractivity contribution in [3.05, 3.63) is 22.7 Å². The fourth-order valence-corrected chi connectivity index (χ4v) is 4.64. The molecule has 0 aromatic carbocycles. The molecule has 0 radical (unpaired) electrons. The maximum Gasteiger partial charge on any atom is 0.349 e. The van der Waals surface area contributed by atoms with Gasteiger partial charge in [-0.05, 0) is 18.4 Å². The Kier molecular flexibility index (Phi) is 11.1. The summed E-state index contributed by atoms with van der Waals surface area (Å²) in [6, 6.07) is 0.753. The number of unbranched alkanes of at least 4 members (excludes halogenated alkanes) is 2. The number of ether oxygens (including phenoxy) is 2. The van der Waals surface area contributed by atoms with Crippen molar-refractivity contribution in [2.24, 2.45) is 5.92 Å². The lowest BCUT2D eigenvalue weighted by atomic mass is 10.1. The number of nitrogens with two attached hydrogens (primary N) is 1. The number of carbonyl (C=O) groups excluding carboxylic acids is 1. The molecule has 1 fully saturated rings. The maximum atomic E-state index is 13.0. The highest BCUT2D eigenvalue weighted by molar-refractivity contribution is 7.59. The van der Waals surface area contributed by atoms with Crippen molar-refractivity contribution in [3.63, 3.8) is 0 Å². The lowest BCUT2D eigenvalue weighted by molar-refractivity contribution is -0.147. The molecule has 1 unspecified atom stereocenters. The molecule has 1 aliphatic rings. The first-order valence-corrected chi connectivity index (χ1v) is 11.7. The summed E-state index contributed by atoms with van der Waals surface area (Å²) in [4.78, 5) is 27.8. The maximum absolute atomic E-state index is 13.0. The molecule has 0 aliphatic carbocycles. The number of nitrogens with one attached hydrogen (secondary N) is 1. The van der Waals surface area contributed by atoms with E-state index < -0.39 is 31.3 Å². The zero-order chi connectivity index (χ0) is 21.4. The molecular formula is C18H33N4O6PS. The van der Waals surface area contributed by atoms with Gasteiger partial charge in [0.1, 0.15) is 24.3 Å². The third-order valence-electron chi connectivity index (χ3n) is 4.49. The van der Waals surface area contributed by atoms with Crippen LogP contribution in [0.25, 0.3) is 0 Å². The SMILES string of the molecule is CCCCCOC(=O)[C@@H](NP1(=O)CO[C@@H](Cn2ccc(N)nc2=O)CO1)C(C)C.S. The van der Waals surface area contributed by atoms with Crippen LogP contribution in [0.5, 0.6) is 0 Å². The molecule has 1 aromatic heterocycles. The van der Waals surface area contributed by atoms with E-state index in [2.05, 4.69) is 17.0 Å². The zero-order valence-electron chi connectivity index (χ0n) is 17.7. The Balaban J connectivity index is 0.00000450. The zero-order valence-corrected chi connectivity index (χ0v) is 19.6. The summed E-state index contributed by atoms with van der Waals surface area (Å²) in [5.74, 6) is -0.445. The molecule has 1 aromatic rings. The lowest BCUT2D eigenvalue weighted by Crippen LogP contribution is -2.44. The highest BCUT2D eigenvalue weighted by Crippen LogP contribution is 2.46. The third kappa shape index (κ3) is 8.03. The molecule has 0 bridgehead atoms. The van der Waals surface area contributed by atoms with Gasteiger partial charge in [0.05, 0.1) is 19.8 Å². The summed E-state index contributed by atoms with van der Waals surface area (Å²) < 4.78 is 30.8. The predicted octanol–water partition coefficient (Wildman–Crippen LogP) is 1.85. The van der Waals surface area contributed by atoms with Gasteiger partial charge in [-0.1, -0.05) is 33.6 Å². The molecule has 1 saturated heterocycles. The summed E-state index contributed by atoms with van der Waals surface area (Å²) >= 11 is 0. The molecule has 2 heterocycles. The first-order chi connectivity index (χ1) is 13.7. The number of anilines is 1. The van der Waals surface area contributed by atoms with Crippen LogP contribution in [0.2, 0.25) is 0 Å². The van der Waals surface area contributed by atoms with Crippen LogP contribution in [0.1, 0.15) is 40.0 Å². The van der Waals surface area contributed by atoms with E-state index in [-0.39, 0.29) is 44.7 Å². The van der Waals surface area contributed by atoms with Gasteiger partial charge in [-0.2, -0.15) is 18.5 Å². The summed E-state index contributed by atoms with van der Waals surface area (Å²) in [5.41, 5.74) is 4.98. The van der Waals surface area contributed by atoms with Gasteiger partial charge in [0, 0.05) is 6.20 Å². The molecule has 3 atom stereocenters. The van der Waals surface area contributed by atoms with E-state index in [4.69, 9.17) is 19.7 Å². The van der Waals surface area contributed by atoms with Crippen LogP contribution >= 0.6 is 21.0 Å². The van der Waals surface area contributed by atoms with Gasteiger partial charge >= 0.3 is 11.7 Å². The molecule has 0 saturated carbocycles. The number of hydrogen-bond donors (Lipinski definition) is 2. The molecular weight excluding hydrogens is 431 g/mol. The highest BCUT2D eigenvalue weighted by atomic mass is 32.1. The Hall–Kier alpha value is -1.39. The number of rotatable bonds is 10. The van der Waals surface area contributed by atoms with Crippen molar-refractivity contribution < 1.29 is 23.4 Å². The second kappa shape index (κ2) is 12.5. The number of nitrogens with zero attached hydrogens (tertiary/aromatic N) is 2. The Morgan fingerprint density at radius 3 is 2.77 bits per heavy atom. The number of aromatic nitrogens is 2. The minimum Gasteiger partial charge on any atom is -0.465 e. The van der Waals surface area contributed by atoms with E-state index in [1.165, 1.54) is 16.8 Å². The van der Waals surface area contributed by atoms with Gasteiger partial charge in [0.2, 0.25) is 0 Å². The molecule has 2 rings (SSSR count). The van der Waals surface area contributed by atoms with E-state index in [9.17, 15) is 14.2 Å². The molecule has 10 nitrogen and oxygen atoms in total. The fraction of sp³-hybridized carbons (Fsp3) is 0.722. The second-order valence-electron chi connectivity index (χ2n) is 7.40. The van der Waals surface area contributed by atoms with E-state index in [0.29, 0.717) is 6.61 Å². The predicted molar refractivity (Wildman–Crippen MR) is 119 cm³/mol. The summed E-state index contributed by atoms with van der Waals surface area (Å²) in [7, 11) is -3.38. The molecule has 172 valence electrons. The average Bonchev–Trinajstić information content (AvgIpc) is 2.67. The van der Waals surface area contributed by atoms with Gasteiger partial charge in [-0.15, -0.1) is 0 Å². The first-order valence-electron chi connectivity index (χ1n) is 9.86. The Morgan fingerprint density at radius 1 is 1.47 bits per heavy atom. The van der Waals surface area contributed by atoms with E-state index in [1.807, 2.05) is 13.8 Å². The topological polar surface area (TPSA) is 135 Å². The molecule has 1 aliphatic heterocycles. The molecule has 12 heteroatoms. The quantitative estimate of drug-likeness (QED) is 0.302. The van der Waals surface area contributed by atoms with Crippen LogP contribution in [-0.4, -0.2) is 47.2 Å². The largest absolute Gasteiger partial charge is 0.465 e. The molecule has 0 spiro atoms. The van der Waals surface area contributed by atoms with Crippen LogP contribution < -0.4 is 16.5 Å². The summed E-state index contributed by atoms with van der Waals surface area (Å²) in [5, 5.41) is 2.81. The lowest BCUT2D eigenvalue weighted by Gasteiger charge is -2.32. The van der Waals surface area contributed by atoms with Crippen LogP contribution in [-0.2, 0) is 29.9 Å². The monoisotopic (exact) mass is 464 g/mol. The van der Waals surface area contributed by atoms with Crippen molar-refractivity contribution in [2.75, 3.05) is 25.3 Å². The number of nitrogen functional groups attached to an aromatic ring is 1. The van der Waals surface area contributed by atoms with Crippen molar-refractivity contribution in [2.45, 2.75) is 58.7 Å². The van der Waals surface area contributed by atoms with Crippen molar-refractivity contribution in [1.29, 1.82) is 0 Å². The van der Waals surface area contributed by atoms with Gasteiger partial charge < -0.3 is 19.7 Å². The second-order valence-corrected chi connectivity index (χ2v) is 9.52. The first kappa shape index (κ1) is 26.6. The molecule has 0 amide bonds. The molecule has 30 heavy (non-hydrogen) atoms. The van der Waals surface area contributed by atoms with Gasteiger partial charge in [0.25, 0.3) is 7.52 Å². The van der Waals surface area contributed by atoms with Gasteiger partial charge in [-0.25, -0.2) is 9.88 Å². The molecule has 3 N–H and O–H groups in total. The van der Waals surface area contributed by atoms with Crippen molar-refractivity contribution >= 4 is 32.8 Å². The average molecular weight is 465 g/mol. The summed E-state index contributed by atoms with van der Waals surface area (Å²) in [6.45, 7) is 6.29. The van der Waals surface area contributed by atoms with Crippen LogP contribution in [0.3, 0.4) is 0 Å². The summed E-state index contributed by atoms with van der Waals surface area (Å²) in [6.07, 6.45) is 3.65. The Bertz CT molecular complexity index is 778. The normalized spacial score (nSPS) is 22.3. The van der Waals surface area contributed by atoms with Crippen LogP contribution in [0.4, 0.5) is 5.82 Å². The van der Waals surface area contributed by atoms with Gasteiger partial charge in [0.15, 0.2) is 0 Å². The smallest absolute Gasteiger partial charge is 0.349 e. The fourth-order valence-electron chi connectivity index (χ4n) is 2.77. The number of hydrogen-bond acceptors (Lipinski definition) is 8. The Morgan fingerprint density at radius 2 is 2.20 bits per heavy atom. The van der Waals surface area contributed by atoms with E-state index in [1.54, 1.807) is 0 Å². The van der Waals surface area contributed by atoms with Crippen LogP contribution in [0.15, 0.2) is 17.1 Å². The number of esters is 1. The van der Waals surface area contributed by atoms with Crippen molar-refractivity contribution in [1.82, 2.24) is 14.6 Å². The van der Waals surface area contributed by atoms with E-state index in [0.717, 1.165) is 19.3 Å². The minimum atomic E-state index is -3.38. The van der Waals surface area contributed by atoms with Crippen molar-refractivity contribution in [3.8, 4) is 0 Å². The number of carbonyl (C=O) groups is 1. The standard InChI is InChI=1S/C18H31N4O6P.H2S/c1-4-5-6-9-26-17(23)16(13(2)3)21-29(25)12-27-14(11-28-29)10-22-8-7-15(19)20-18(22)24;/h7-8,13-14,16H,4-6,9-12H2,1-3H3,(H,21,25)(H2,19,20,24);1H2/t14-,16-,29?;/m0./s1. The van der Waals surface area contributed by atoms with E-state index >= 15 is 0 Å². The van der Waals surface area contributed by atoms with Crippen LogP contribution in [0, 0.1) is 5.92 Å². The van der Waals surface area contributed by atoms with Gasteiger partial charge in [-0.3, -0.25) is 13.9 Å². The minimum absolute atomic E-state index is 0. The highest BCUT2D eigenvalue weighted by Gasteiger charge is 2.37. The Labute approximate surface area is 183 Å². The third-order valence-corrected chi connectivity index (χ3v) is 6.22.